The zero-order valence-corrected chi connectivity index (χ0v) is 23.0. The second-order valence-corrected chi connectivity index (χ2v) is 0. The Hall–Kier alpha value is 5.02. The van der Waals surface area contributed by atoms with Crippen LogP contribution in [-0.2, 0) is 61.2 Å². The smallest absolute Gasteiger partial charge is 2.00 e. The third-order valence-corrected chi connectivity index (χ3v) is 0. The van der Waals surface area contributed by atoms with E-state index in [0.29, 0.717) is 0 Å². The molecule has 0 spiro atoms. The first-order chi connectivity index (χ1) is 0. The van der Waals surface area contributed by atoms with Crippen molar-refractivity contribution in [1.29, 1.82) is 0 Å². The quantitative estimate of drug-likeness (QED) is 0.278. The maximum absolute atomic E-state index is 0. The van der Waals surface area contributed by atoms with Crippen molar-refractivity contribution in [2.75, 3.05) is 0 Å². The zero-order valence-electron chi connectivity index (χ0n) is 4.43. The summed E-state index contributed by atoms with van der Waals surface area (Å²) < 4.78 is 0. The van der Waals surface area contributed by atoms with Crippen molar-refractivity contribution in [3.05, 3.63) is 0 Å². The number of hydrogen-bond donors (Lipinski definition) is 0. The maximum Gasteiger partial charge on any atom is 3.00 e. The Kier molecular flexibility index (Phi) is 781. The van der Waals surface area contributed by atoms with Crippen LogP contribution < -0.4 is 0 Å². The molecule has 9 heavy (non-hydrogen) atoms. The molecule has 0 aromatic heterocycles. The molecule has 0 fully saturated rings. The van der Waals surface area contributed by atoms with Crippen LogP contribution in [0.1, 0.15) is 0 Å². The van der Waals surface area contributed by atoms with E-state index < -0.39 is 0 Å². The molecule has 3 nitrogen and oxygen atoms in total. The van der Waals surface area contributed by atoms with E-state index in [1.807, 2.05) is 0 Å². The second kappa shape index (κ2) is 74.6. The molecule has 0 unspecified atom stereocenters. The summed E-state index contributed by atoms with van der Waals surface area (Å²) in [5.41, 5.74) is 0. The molecule has 0 atom stereocenters. The van der Waals surface area contributed by atoms with Gasteiger partial charge in [0.2, 0.25) is 0 Å². The molecule has 0 heterocycles. The molecule has 0 saturated heterocycles. The Balaban J connectivity index is 0. The SMILES string of the molecule is [Ga+3].[Ga+3].[La].[La].[O-2].[O-2].[O-2].[Ta].[Ta]. The van der Waals surface area contributed by atoms with Crippen LogP contribution in [0.3, 0.4) is 0 Å². The largest absolute Gasteiger partial charge is 3.00 e. The second-order valence-electron chi connectivity index (χ2n) is 0. The third-order valence-electron chi connectivity index (χ3n) is 0. The Labute approximate surface area is 168 Å². The van der Waals surface area contributed by atoms with E-state index in [0.717, 1.165) is 0 Å². The Morgan fingerprint density at radius 1 is 0.444 bits per heavy atom. The molecule has 9 heteroatoms. The maximum atomic E-state index is 0. The third kappa shape index (κ3) is 62.7. The molecule has 0 aliphatic carbocycles. The van der Waals surface area contributed by atoms with Crippen molar-refractivity contribution in [3.8, 4) is 0 Å². The van der Waals surface area contributed by atoms with Gasteiger partial charge in [-0.25, -0.2) is 0 Å². The van der Waals surface area contributed by atoms with Gasteiger partial charge >= 0.3 is 39.6 Å². The van der Waals surface area contributed by atoms with Gasteiger partial charge in [0.1, 0.15) is 0 Å². The van der Waals surface area contributed by atoms with Crippen molar-refractivity contribution >= 4 is 39.6 Å². The van der Waals surface area contributed by atoms with Crippen LogP contribution >= 0.6 is 0 Å². The van der Waals surface area contributed by atoms with E-state index in [-0.39, 0.29) is 172 Å². The molecular formula is Ga2La2O3Ta2. The minimum atomic E-state index is 0. The first-order valence-electron chi connectivity index (χ1n) is 0. The predicted octanol–water partition coefficient (Wildman–Crippen LogP) is -1.12. The van der Waals surface area contributed by atoms with Crippen LogP contribution in [0, 0.1) is 71.2 Å². The molecule has 40 valence electrons. The monoisotopic (exact) mass is 826 g/mol. The average Bonchev–Trinajstić information content (AvgIpc) is 0. The standard InChI is InChI=1S/2Ga.2La.3O.2Ta/q2*+3;;;3*-2;;. The molecule has 0 amide bonds. The summed E-state index contributed by atoms with van der Waals surface area (Å²) in [6, 6.07) is 0. The molecule has 0 aromatic carbocycles. The van der Waals surface area contributed by atoms with Gasteiger partial charge in [-0.05, 0) is 0 Å². The summed E-state index contributed by atoms with van der Waals surface area (Å²) in [6.07, 6.45) is 0. The van der Waals surface area contributed by atoms with Gasteiger partial charge in [-0.1, -0.05) is 0 Å². The van der Waals surface area contributed by atoms with Crippen molar-refractivity contribution < 1.29 is 132 Å². The van der Waals surface area contributed by atoms with Crippen molar-refractivity contribution in [3.63, 3.8) is 0 Å². The van der Waals surface area contributed by atoms with Crippen LogP contribution in [0.2, 0.25) is 0 Å². The van der Waals surface area contributed by atoms with Gasteiger partial charge in [-0.15, -0.1) is 0 Å². The van der Waals surface area contributed by atoms with E-state index in [1.165, 1.54) is 0 Å². The van der Waals surface area contributed by atoms with Crippen molar-refractivity contribution in [1.82, 2.24) is 0 Å². The molecule has 0 bridgehead atoms. The van der Waals surface area contributed by atoms with Crippen molar-refractivity contribution in [2.24, 2.45) is 0 Å². The van der Waals surface area contributed by atoms with Gasteiger partial charge in [0, 0.05) is 116 Å². The molecule has 0 aliphatic heterocycles. The van der Waals surface area contributed by atoms with Gasteiger partial charge in [0.15, 0.2) is 0 Å². The zero-order chi connectivity index (χ0) is 0. The van der Waals surface area contributed by atoms with Gasteiger partial charge in [0.25, 0.3) is 0 Å². The van der Waals surface area contributed by atoms with Gasteiger partial charge < -0.3 is 16.4 Å². The summed E-state index contributed by atoms with van der Waals surface area (Å²) in [5.74, 6) is 0. The summed E-state index contributed by atoms with van der Waals surface area (Å²) >= 11 is 0. The van der Waals surface area contributed by atoms with E-state index in [2.05, 4.69) is 0 Å². The van der Waals surface area contributed by atoms with Gasteiger partial charge in [0.05, 0.1) is 0 Å². The normalized spacial score (nSPS) is 0. The average molecular weight is 827 g/mol. The molecule has 0 saturated carbocycles. The summed E-state index contributed by atoms with van der Waals surface area (Å²) in [5, 5.41) is 0. The van der Waals surface area contributed by atoms with Crippen LogP contribution in [0.25, 0.3) is 0 Å². The number of hydrogen-bond acceptors (Lipinski definition) is 0. The molecular weight excluding hydrogens is 827 g/mol. The van der Waals surface area contributed by atoms with Gasteiger partial charge in [-0.3, -0.25) is 0 Å². The minimum absolute atomic E-state index is 0. The van der Waals surface area contributed by atoms with E-state index in [1.54, 1.807) is 0 Å². The molecule has 0 aromatic rings. The van der Waals surface area contributed by atoms with E-state index in [4.69, 9.17) is 0 Å². The fourth-order valence-corrected chi connectivity index (χ4v) is 0. The van der Waals surface area contributed by atoms with E-state index >= 15 is 0 Å². The first-order valence-corrected chi connectivity index (χ1v) is 0. The van der Waals surface area contributed by atoms with Crippen molar-refractivity contribution in [2.45, 2.75) is 0 Å². The Morgan fingerprint density at radius 2 is 0.444 bits per heavy atom. The fourth-order valence-electron chi connectivity index (χ4n) is 0. The van der Waals surface area contributed by atoms with Crippen LogP contribution in [0.4, 0.5) is 0 Å². The first kappa shape index (κ1) is 94.3. The van der Waals surface area contributed by atoms with Crippen LogP contribution in [0.5, 0.6) is 0 Å². The Morgan fingerprint density at radius 3 is 0.444 bits per heavy atom. The van der Waals surface area contributed by atoms with E-state index in [9.17, 15) is 0 Å². The van der Waals surface area contributed by atoms with Crippen LogP contribution in [0.15, 0.2) is 0 Å². The minimum Gasteiger partial charge on any atom is -2.00 e. The van der Waals surface area contributed by atoms with Gasteiger partial charge in [-0.2, -0.15) is 0 Å². The molecule has 4 radical (unpaired) electrons. The Bertz CT molecular complexity index is 17.8. The fraction of sp³-hybridized carbons (Fsp3) is 0. The van der Waals surface area contributed by atoms with Crippen LogP contribution in [-0.4, -0.2) is 39.6 Å². The number of rotatable bonds is 0. The summed E-state index contributed by atoms with van der Waals surface area (Å²) in [4.78, 5) is 0. The topological polar surface area (TPSA) is 85.5 Å². The molecule has 0 aliphatic rings. The molecule has 0 rings (SSSR count). The predicted molar refractivity (Wildman–Crippen MR) is 13.6 cm³/mol. The molecule has 0 N–H and O–H groups in total. The summed E-state index contributed by atoms with van der Waals surface area (Å²) in [7, 11) is 0. The summed E-state index contributed by atoms with van der Waals surface area (Å²) in [6.45, 7) is 0.